The molecule has 18 heavy (non-hydrogen) atoms. The predicted octanol–water partition coefficient (Wildman–Crippen LogP) is 0.865. The van der Waals surface area contributed by atoms with E-state index in [1.54, 1.807) is 24.4 Å². The Kier molecular flexibility index (Phi) is 3.98. The molecule has 0 spiro atoms. The molecule has 1 heterocycles. The van der Waals surface area contributed by atoms with Crippen LogP contribution in [-0.4, -0.2) is 15.9 Å². The Hall–Kier alpha value is -2.27. The Bertz CT molecular complexity index is 528. The molecular formula is C13H14N4O. The zero-order valence-electron chi connectivity index (χ0n) is 9.84. The molecule has 0 radical (unpaired) electrons. The van der Waals surface area contributed by atoms with Gasteiger partial charge >= 0.3 is 0 Å². The zero-order chi connectivity index (χ0) is 12.8. The quantitative estimate of drug-likeness (QED) is 0.833. The summed E-state index contributed by atoms with van der Waals surface area (Å²) in [5, 5.41) is 2.80. The first-order chi connectivity index (χ1) is 8.79. The molecule has 0 aliphatic heterocycles. The minimum absolute atomic E-state index is 0.135. The fourth-order valence-electron chi connectivity index (χ4n) is 1.54. The van der Waals surface area contributed by atoms with Crippen LogP contribution < -0.4 is 11.1 Å². The molecule has 1 aromatic carbocycles. The number of carbonyl (C=O) groups excluding carboxylic acids is 1. The highest BCUT2D eigenvalue weighted by Crippen LogP contribution is 2.04. The maximum atomic E-state index is 11.9. The number of rotatable bonds is 4. The number of nitrogens with one attached hydrogen (secondary N) is 1. The summed E-state index contributed by atoms with van der Waals surface area (Å²) in [6.07, 6.45) is 3.10. The number of aromatic nitrogens is 2. The Morgan fingerprint density at radius 1 is 1.33 bits per heavy atom. The SMILES string of the molecule is NCc1cccc(C(=O)NCc2ccncn2)c1. The van der Waals surface area contributed by atoms with Crippen molar-refractivity contribution >= 4 is 5.91 Å². The largest absolute Gasteiger partial charge is 0.346 e. The van der Waals surface area contributed by atoms with Crippen molar-refractivity contribution in [3.8, 4) is 0 Å². The number of nitrogens with two attached hydrogens (primary N) is 1. The maximum absolute atomic E-state index is 11.9. The summed E-state index contributed by atoms with van der Waals surface area (Å²) >= 11 is 0. The summed E-state index contributed by atoms with van der Waals surface area (Å²) in [6, 6.07) is 9.02. The number of carbonyl (C=O) groups is 1. The number of amides is 1. The van der Waals surface area contributed by atoms with Crippen LogP contribution in [0, 0.1) is 0 Å². The summed E-state index contributed by atoms with van der Waals surface area (Å²) in [5.74, 6) is -0.135. The average Bonchev–Trinajstić information content (AvgIpc) is 2.46. The lowest BCUT2D eigenvalue weighted by atomic mass is 10.1. The van der Waals surface area contributed by atoms with E-state index in [2.05, 4.69) is 15.3 Å². The van der Waals surface area contributed by atoms with Crippen LogP contribution in [0.2, 0.25) is 0 Å². The van der Waals surface area contributed by atoms with E-state index in [0.717, 1.165) is 11.3 Å². The van der Waals surface area contributed by atoms with Crippen molar-refractivity contribution in [3.63, 3.8) is 0 Å². The van der Waals surface area contributed by atoms with E-state index in [4.69, 9.17) is 5.73 Å². The summed E-state index contributed by atoms with van der Waals surface area (Å²) in [6.45, 7) is 0.807. The molecule has 92 valence electrons. The average molecular weight is 242 g/mol. The van der Waals surface area contributed by atoms with Crippen LogP contribution in [0.15, 0.2) is 42.9 Å². The molecule has 0 atom stereocenters. The Balaban J connectivity index is 1.99. The van der Waals surface area contributed by atoms with Crippen LogP contribution in [0.25, 0.3) is 0 Å². The van der Waals surface area contributed by atoms with Gasteiger partial charge in [0, 0.05) is 18.3 Å². The topological polar surface area (TPSA) is 80.9 Å². The van der Waals surface area contributed by atoms with E-state index in [9.17, 15) is 4.79 Å². The minimum atomic E-state index is -0.135. The number of hydrogen-bond donors (Lipinski definition) is 2. The van der Waals surface area contributed by atoms with Crippen LogP contribution in [0.1, 0.15) is 21.6 Å². The van der Waals surface area contributed by atoms with Gasteiger partial charge in [-0.2, -0.15) is 0 Å². The van der Waals surface area contributed by atoms with Crippen LogP contribution in [0.4, 0.5) is 0 Å². The van der Waals surface area contributed by atoms with Crippen molar-refractivity contribution in [2.45, 2.75) is 13.1 Å². The normalized spacial score (nSPS) is 10.1. The third-order valence-electron chi connectivity index (χ3n) is 2.50. The van der Waals surface area contributed by atoms with Crippen molar-refractivity contribution in [2.75, 3.05) is 0 Å². The van der Waals surface area contributed by atoms with Gasteiger partial charge in [0.05, 0.1) is 12.2 Å². The molecule has 0 unspecified atom stereocenters. The lowest BCUT2D eigenvalue weighted by molar-refractivity contribution is 0.0950. The first kappa shape index (κ1) is 12.2. The van der Waals surface area contributed by atoms with E-state index >= 15 is 0 Å². The van der Waals surface area contributed by atoms with Gasteiger partial charge in [0.2, 0.25) is 0 Å². The molecule has 1 aromatic heterocycles. The minimum Gasteiger partial charge on any atom is -0.346 e. The third kappa shape index (κ3) is 3.11. The van der Waals surface area contributed by atoms with Gasteiger partial charge in [0.1, 0.15) is 6.33 Å². The number of hydrogen-bond acceptors (Lipinski definition) is 4. The first-order valence-corrected chi connectivity index (χ1v) is 5.61. The second kappa shape index (κ2) is 5.88. The molecule has 1 amide bonds. The lowest BCUT2D eigenvalue weighted by Crippen LogP contribution is -2.23. The fraction of sp³-hybridized carbons (Fsp3) is 0.154. The van der Waals surface area contributed by atoms with Crippen LogP contribution in [0.5, 0.6) is 0 Å². The molecule has 3 N–H and O–H groups in total. The van der Waals surface area contributed by atoms with Gasteiger partial charge in [-0.1, -0.05) is 12.1 Å². The molecule has 2 aromatic rings. The summed E-state index contributed by atoms with van der Waals surface area (Å²) in [7, 11) is 0. The van der Waals surface area contributed by atoms with Crippen molar-refractivity contribution in [3.05, 3.63) is 59.7 Å². The van der Waals surface area contributed by atoms with Crippen LogP contribution >= 0.6 is 0 Å². The summed E-state index contributed by atoms with van der Waals surface area (Å²) in [5.41, 5.74) is 7.85. The highest BCUT2D eigenvalue weighted by atomic mass is 16.1. The van der Waals surface area contributed by atoms with Gasteiger partial charge in [-0.3, -0.25) is 4.79 Å². The smallest absolute Gasteiger partial charge is 0.251 e. The highest BCUT2D eigenvalue weighted by Gasteiger charge is 2.05. The molecule has 0 saturated heterocycles. The second-order valence-electron chi connectivity index (χ2n) is 3.79. The zero-order valence-corrected chi connectivity index (χ0v) is 9.84. The van der Waals surface area contributed by atoms with Crippen LogP contribution in [0.3, 0.4) is 0 Å². The monoisotopic (exact) mass is 242 g/mol. The molecule has 2 rings (SSSR count). The van der Waals surface area contributed by atoms with E-state index < -0.39 is 0 Å². The van der Waals surface area contributed by atoms with Gasteiger partial charge in [0.15, 0.2) is 0 Å². The van der Waals surface area contributed by atoms with E-state index in [-0.39, 0.29) is 5.91 Å². The molecular weight excluding hydrogens is 228 g/mol. The summed E-state index contributed by atoms with van der Waals surface area (Å²) in [4.78, 5) is 19.7. The van der Waals surface area contributed by atoms with Crippen molar-refractivity contribution < 1.29 is 4.79 Å². The van der Waals surface area contributed by atoms with Gasteiger partial charge in [0.25, 0.3) is 5.91 Å². The molecule has 0 aliphatic carbocycles. The van der Waals surface area contributed by atoms with E-state index in [0.29, 0.717) is 18.7 Å². The molecule has 0 bridgehead atoms. The van der Waals surface area contributed by atoms with Gasteiger partial charge in [-0.25, -0.2) is 9.97 Å². The molecule has 5 nitrogen and oxygen atoms in total. The van der Waals surface area contributed by atoms with Gasteiger partial charge in [-0.15, -0.1) is 0 Å². The molecule has 0 fully saturated rings. The summed E-state index contributed by atoms with van der Waals surface area (Å²) < 4.78 is 0. The van der Waals surface area contributed by atoms with Crippen LogP contribution in [-0.2, 0) is 13.1 Å². The van der Waals surface area contributed by atoms with Crippen molar-refractivity contribution in [2.24, 2.45) is 5.73 Å². The lowest BCUT2D eigenvalue weighted by Gasteiger charge is -2.05. The van der Waals surface area contributed by atoms with Gasteiger partial charge < -0.3 is 11.1 Å². The number of nitrogens with zero attached hydrogens (tertiary/aromatic N) is 2. The Morgan fingerprint density at radius 3 is 2.94 bits per heavy atom. The predicted molar refractivity (Wildman–Crippen MR) is 67.5 cm³/mol. The first-order valence-electron chi connectivity index (χ1n) is 5.61. The highest BCUT2D eigenvalue weighted by molar-refractivity contribution is 5.94. The fourth-order valence-corrected chi connectivity index (χ4v) is 1.54. The number of benzene rings is 1. The standard InChI is InChI=1S/C13H14N4O/c14-7-10-2-1-3-11(6-10)13(18)16-8-12-4-5-15-9-17-12/h1-6,9H,7-8,14H2,(H,16,18). The van der Waals surface area contributed by atoms with E-state index in [1.807, 2.05) is 12.1 Å². The maximum Gasteiger partial charge on any atom is 0.251 e. The Morgan fingerprint density at radius 2 is 2.22 bits per heavy atom. The van der Waals surface area contributed by atoms with E-state index in [1.165, 1.54) is 6.33 Å². The van der Waals surface area contributed by atoms with Crippen molar-refractivity contribution in [1.82, 2.24) is 15.3 Å². The Labute approximate surface area is 105 Å². The van der Waals surface area contributed by atoms with Gasteiger partial charge in [-0.05, 0) is 23.8 Å². The third-order valence-corrected chi connectivity index (χ3v) is 2.50. The van der Waals surface area contributed by atoms with Crippen molar-refractivity contribution in [1.29, 1.82) is 0 Å². The second-order valence-corrected chi connectivity index (χ2v) is 3.79. The molecule has 0 aliphatic rings. The molecule has 0 saturated carbocycles. The molecule has 5 heteroatoms.